The highest BCUT2D eigenvalue weighted by Crippen LogP contribution is 2.24. The lowest BCUT2D eigenvalue weighted by Crippen LogP contribution is -2.11. The number of aryl methyl sites for hydroxylation is 1. The van der Waals surface area contributed by atoms with E-state index in [1.165, 1.54) is 11.1 Å². The van der Waals surface area contributed by atoms with Gasteiger partial charge in [-0.15, -0.1) is 0 Å². The molecule has 0 amide bonds. The van der Waals surface area contributed by atoms with Gasteiger partial charge in [0, 0.05) is 10.5 Å². The van der Waals surface area contributed by atoms with Crippen LogP contribution in [0.3, 0.4) is 0 Å². The molecule has 88 valence electrons. The normalized spacial score (nSPS) is 12.4. The number of rotatable bonds is 4. The molecule has 1 unspecified atom stereocenters. The lowest BCUT2D eigenvalue weighted by Gasteiger charge is -2.13. The van der Waals surface area contributed by atoms with Crippen molar-refractivity contribution in [3.8, 4) is 0 Å². The second-order valence-corrected chi connectivity index (χ2v) is 5.01. The van der Waals surface area contributed by atoms with E-state index in [0.717, 1.165) is 17.3 Å². The molecule has 0 bridgehead atoms. The molecule has 2 N–H and O–H groups in total. The summed E-state index contributed by atoms with van der Waals surface area (Å²) >= 11 is 3.54. The number of benzene rings is 2. The van der Waals surface area contributed by atoms with Gasteiger partial charge in [0.25, 0.3) is 0 Å². The van der Waals surface area contributed by atoms with Gasteiger partial charge in [0.1, 0.15) is 0 Å². The fourth-order valence-corrected chi connectivity index (χ4v) is 2.48. The lowest BCUT2D eigenvalue weighted by molar-refractivity contribution is 0.649. The maximum absolute atomic E-state index is 6.21. The van der Waals surface area contributed by atoms with Crippen LogP contribution in [0.25, 0.3) is 0 Å². The fraction of sp³-hybridized carbons (Fsp3) is 0.200. The van der Waals surface area contributed by atoms with Crippen molar-refractivity contribution < 1.29 is 0 Å². The molecule has 1 nitrogen and oxygen atoms in total. The van der Waals surface area contributed by atoms with Gasteiger partial charge in [-0.25, -0.2) is 0 Å². The first-order valence-corrected chi connectivity index (χ1v) is 6.60. The van der Waals surface area contributed by atoms with Crippen molar-refractivity contribution in [3.63, 3.8) is 0 Å². The highest BCUT2D eigenvalue weighted by atomic mass is 79.9. The van der Waals surface area contributed by atoms with Crippen molar-refractivity contribution in [2.75, 3.05) is 0 Å². The minimum Gasteiger partial charge on any atom is -0.324 e. The molecule has 0 radical (unpaired) electrons. The first kappa shape index (κ1) is 12.3. The molecule has 0 aliphatic rings. The van der Waals surface area contributed by atoms with Crippen LogP contribution in [0.1, 0.15) is 23.6 Å². The summed E-state index contributed by atoms with van der Waals surface area (Å²) in [4.78, 5) is 0. The largest absolute Gasteiger partial charge is 0.324 e. The summed E-state index contributed by atoms with van der Waals surface area (Å²) in [5.74, 6) is 0. The molecule has 0 aliphatic heterocycles. The predicted octanol–water partition coefficient (Wildman–Crippen LogP) is 4.08. The van der Waals surface area contributed by atoms with Gasteiger partial charge in [-0.2, -0.15) is 0 Å². The lowest BCUT2D eigenvalue weighted by atomic mass is 10.00. The van der Waals surface area contributed by atoms with E-state index >= 15 is 0 Å². The van der Waals surface area contributed by atoms with Gasteiger partial charge in [0.15, 0.2) is 0 Å². The minimum absolute atomic E-state index is 0.0887. The summed E-state index contributed by atoms with van der Waals surface area (Å²) in [7, 11) is 0. The van der Waals surface area contributed by atoms with Crippen molar-refractivity contribution in [1.29, 1.82) is 0 Å². The predicted molar refractivity (Wildman–Crippen MR) is 75.8 cm³/mol. The summed E-state index contributed by atoms with van der Waals surface area (Å²) in [5.41, 5.74) is 8.74. The van der Waals surface area contributed by atoms with E-state index in [0.29, 0.717) is 0 Å². The number of hydrogen-bond acceptors (Lipinski definition) is 1. The van der Waals surface area contributed by atoms with Crippen LogP contribution < -0.4 is 5.73 Å². The average molecular weight is 290 g/mol. The zero-order chi connectivity index (χ0) is 12.1. The van der Waals surface area contributed by atoms with Crippen molar-refractivity contribution >= 4 is 15.9 Å². The Morgan fingerprint density at radius 3 is 2.29 bits per heavy atom. The maximum atomic E-state index is 6.21. The zero-order valence-corrected chi connectivity index (χ0v) is 11.2. The highest BCUT2D eigenvalue weighted by Gasteiger charge is 2.08. The van der Waals surface area contributed by atoms with Crippen LogP contribution in [0.15, 0.2) is 59.1 Å². The monoisotopic (exact) mass is 289 g/mol. The Morgan fingerprint density at radius 2 is 1.59 bits per heavy atom. The van der Waals surface area contributed by atoms with Crippen molar-refractivity contribution in [2.24, 2.45) is 5.73 Å². The number of halogens is 1. The summed E-state index contributed by atoms with van der Waals surface area (Å²) in [6.45, 7) is 0. The highest BCUT2D eigenvalue weighted by molar-refractivity contribution is 9.10. The fourth-order valence-electron chi connectivity index (χ4n) is 1.90. The zero-order valence-electron chi connectivity index (χ0n) is 9.64. The third-order valence-electron chi connectivity index (χ3n) is 2.89. The average Bonchev–Trinajstić information content (AvgIpc) is 2.38. The van der Waals surface area contributed by atoms with E-state index in [-0.39, 0.29) is 6.04 Å². The Kier molecular flexibility index (Phi) is 4.35. The number of hydrogen-bond donors (Lipinski definition) is 1. The smallest absolute Gasteiger partial charge is 0.0309 e. The Morgan fingerprint density at radius 1 is 0.941 bits per heavy atom. The maximum Gasteiger partial charge on any atom is 0.0309 e. The van der Waals surface area contributed by atoms with E-state index < -0.39 is 0 Å². The van der Waals surface area contributed by atoms with Crippen LogP contribution in [-0.4, -0.2) is 0 Å². The van der Waals surface area contributed by atoms with Crippen molar-refractivity contribution in [2.45, 2.75) is 18.9 Å². The van der Waals surface area contributed by atoms with Crippen LogP contribution >= 0.6 is 15.9 Å². The van der Waals surface area contributed by atoms with Gasteiger partial charge in [-0.3, -0.25) is 0 Å². The van der Waals surface area contributed by atoms with Crippen LogP contribution in [-0.2, 0) is 6.42 Å². The van der Waals surface area contributed by atoms with Crippen LogP contribution in [0.5, 0.6) is 0 Å². The molecule has 2 rings (SSSR count). The molecule has 2 aromatic rings. The Hall–Kier alpha value is -1.12. The molecule has 2 aromatic carbocycles. The van der Waals surface area contributed by atoms with Crippen molar-refractivity contribution in [3.05, 3.63) is 70.2 Å². The number of nitrogens with two attached hydrogens (primary N) is 1. The van der Waals surface area contributed by atoms with Gasteiger partial charge in [0.05, 0.1) is 0 Å². The van der Waals surface area contributed by atoms with Crippen LogP contribution in [0.4, 0.5) is 0 Å². The Labute approximate surface area is 111 Å². The van der Waals surface area contributed by atoms with Gasteiger partial charge in [-0.05, 0) is 30.0 Å². The summed E-state index contributed by atoms with van der Waals surface area (Å²) in [6.07, 6.45) is 1.98. The third-order valence-corrected chi connectivity index (χ3v) is 3.61. The summed E-state index contributed by atoms with van der Waals surface area (Å²) in [5, 5.41) is 0. The second-order valence-electron chi connectivity index (χ2n) is 4.15. The summed E-state index contributed by atoms with van der Waals surface area (Å²) < 4.78 is 1.10. The molecule has 17 heavy (non-hydrogen) atoms. The molecule has 1 atom stereocenters. The third kappa shape index (κ3) is 3.42. The SMILES string of the molecule is NC(CCc1ccccc1)c1ccccc1Br. The van der Waals surface area contributed by atoms with Gasteiger partial charge >= 0.3 is 0 Å². The first-order valence-electron chi connectivity index (χ1n) is 5.81. The van der Waals surface area contributed by atoms with Crippen molar-refractivity contribution in [1.82, 2.24) is 0 Å². The molecule has 0 heterocycles. The molecule has 2 heteroatoms. The molecule has 0 spiro atoms. The van der Waals surface area contributed by atoms with Gasteiger partial charge in [0.2, 0.25) is 0 Å². The van der Waals surface area contributed by atoms with E-state index in [4.69, 9.17) is 5.73 Å². The summed E-state index contributed by atoms with van der Waals surface area (Å²) in [6, 6.07) is 18.7. The molecule has 0 saturated heterocycles. The first-order chi connectivity index (χ1) is 8.27. The molecule has 0 saturated carbocycles. The molecular weight excluding hydrogens is 274 g/mol. The minimum atomic E-state index is 0.0887. The van der Waals surface area contributed by atoms with Gasteiger partial charge < -0.3 is 5.73 Å². The van der Waals surface area contributed by atoms with E-state index in [1.807, 2.05) is 24.3 Å². The van der Waals surface area contributed by atoms with Gasteiger partial charge in [-0.1, -0.05) is 64.5 Å². The molecule has 0 fully saturated rings. The van der Waals surface area contributed by atoms with E-state index in [1.54, 1.807) is 0 Å². The Balaban J connectivity index is 1.99. The molecule has 0 aliphatic carbocycles. The van der Waals surface area contributed by atoms with Crippen LogP contribution in [0.2, 0.25) is 0 Å². The van der Waals surface area contributed by atoms with E-state index in [2.05, 4.69) is 46.3 Å². The second kappa shape index (κ2) is 5.99. The van der Waals surface area contributed by atoms with Crippen LogP contribution in [0, 0.1) is 0 Å². The molecule has 0 aromatic heterocycles. The molecular formula is C15H16BrN. The standard InChI is InChI=1S/C15H16BrN/c16-14-9-5-4-8-13(14)15(17)11-10-12-6-2-1-3-7-12/h1-9,15H,10-11,17H2. The van der Waals surface area contributed by atoms with E-state index in [9.17, 15) is 0 Å². The topological polar surface area (TPSA) is 26.0 Å². The quantitative estimate of drug-likeness (QED) is 0.902. The Bertz CT molecular complexity index is 467.